The molecule has 0 aliphatic carbocycles. The fraction of sp³-hybridized carbons (Fsp3) is 0.500. The third-order valence-corrected chi connectivity index (χ3v) is 4.12. The van der Waals surface area contributed by atoms with E-state index < -0.39 is 0 Å². The van der Waals surface area contributed by atoms with Gasteiger partial charge in [0.1, 0.15) is 6.04 Å². The van der Waals surface area contributed by atoms with Crippen molar-refractivity contribution in [3.8, 4) is 0 Å². The van der Waals surface area contributed by atoms with Crippen molar-refractivity contribution in [2.45, 2.75) is 38.1 Å². The van der Waals surface area contributed by atoms with Gasteiger partial charge in [-0.25, -0.2) is 0 Å². The average Bonchev–Trinajstić information content (AvgIpc) is 2.52. The van der Waals surface area contributed by atoms with Gasteiger partial charge in [-0.05, 0) is 43.9 Å². The number of carbonyl (C=O) groups is 2. The monoisotopic (exact) mass is 289 g/mol. The first-order chi connectivity index (χ1) is 10.0. The maximum atomic E-state index is 12.7. The Balaban J connectivity index is 2.18. The lowest BCUT2D eigenvalue weighted by atomic mass is 9.95. The van der Waals surface area contributed by atoms with Crippen LogP contribution in [0.4, 0.5) is 5.69 Å². The minimum absolute atomic E-state index is 0.00565. The van der Waals surface area contributed by atoms with Crippen LogP contribution in [0.2, 0.25) is 0 Å². The number of nitrogen functional groups attached to an aromatic ring is 1. The summed E-state index contributed by atoms with van der Waals surface area (Å²) in [5.41, 5.74) is 7.32. The summed E-state index contributed by atoms with van der Waals surface area (Å²) in [5.74, 6) is -0.379. The fourth-order valence-corrected chi connectivity index (χ4v) is 2.85. The summed E-state index contributed by atoms with van der Waals surface area (Å²) in [7, 11) is 1.61. The lowest BCUT2D eigenvalue weighted by molar-refractivity contribution is -0.143. The smallest absolute Gasteiger partial charge is 0.242 e. The molecule has 1 aliphatic rings. The molecule has 1 aromatic carbocycles. The number of carbonyl (C=O) groups excluding carboxylic acids is 2. The predicted molar refractivity (Wildman–Crippen MR) is 82.7 cm³/mol. The second-order valence-electron chi connectivity index (χ2n) is 5.55. The van der Waals surface area contributed by atoms with E-state index in [4.69, 9.17) is 5.73 Å². The zero-order valence-electron chi connectivity index (χ0n) is 12.6. The van der Waals surface area contributed by atoms with Gasteiger partial charge in [0.05, 0.1) is 5.92 Å². The highest BCUT2D eigenvalue weighted by Gasteiger charge is 2.33. The predicted octanol–water partition coefficient (Wildman–Crippen LogP) is 1.50. The standard InChI is InChI=1S/C16H23N3O2/c1-11(12-6-5-7-13(17)10-12)16(21)19-9-4-3-8-14(19)15(20)18-2/h5-7,10-11,14H,3-4,8-9,17H2,1-2H3,(H,18,20). The molecule has 1 saturated heterocycles. The summed E-state index contributed by atoms with van der Waals surface area (Å²) in [5, 5.41) is 2.65. The van der Waals surface area contributed by atoms with E-state index in [0.717, 1.165) is 24.8 Å². The number of piperidine rings is 1. The quantitative estimate of drug-likeness (QED) is 0.828. The molecule has 2 unspecified atom stereocenters. The highest BCUT2D eigenvalue weighted by molar-refractivity contribution is 5.90. The number of rotatable bonds is 3. The Bertz CT molecular complexity index is 530. The number of anilines is 1. The van der Waals surface area contributed by atoms with Crippen LogP contribution in [0.5, 0.6) is 0 Å². The Morgan fingerprint density at radius 1 is 1.38 bits per heavy atom. The minimum Gasteiger partial charge on any atom is -0.399 e. The van der Waals surface area contributed by atoms with Crippen LogP contribution in [-0.2, 0) is 9.59 Å². The van der Waals surface area contributed by atoms with Gasteiger partial charge in [-0.2, -0.15) is 0 Å². The first-order valence-corrected chi connectivity index (χ1v) is 7.42. The molecule has 5 heteroatoms. The molecule has 5 nitrogen and oxygen atoms in total. The van der Waals surface area contributed by atoms with Crippen molar-refractivity contribution in [1.29, 1.82) is 0 Å². The van der Waals surface area contributed by atoms with Crippen molar-refractivity contribution in [3.63, 3.8) is 0 Å². The summed E-state index contributed by atoms with van der Waals surface area (Å²) in [6.45, 7) is 2.51. The van der Waals surface area contributed by atoms with Gasteiger partial charge in [-0.15, -0.1) is 0 Å². The summed E-state index contributed by atoms with van der Waals surface area (Å²) in [6.07, 6.45) is 2.66. The van der Waals surface area contributed by atoms with Gasteiger partial charge < -0.3 is 16.0 Å². The van der Waals surface area contributed by atoms with Crippen LogP contribution in [0.15, 0.2) is 24.3 Å². The molecule has 114 valence electrons. The summed E-state index contributed by atoms with van der Waals surface area (Å²) in [6, 6.07) is 7.02. The van der Waals surface area contributed by atoms with Crippen molar-refractivity contribution in [2.75, 3.05) is 19.3 Å². The number of nitrogens with one attached hydrogen (secondary N) is 1. The Morgan fingerprint density at radius 3 is 2.81 bits per heavy atom. The van der Waals surface area contributed by atoms with Crippen molar-refractivity contribution in [1.82, 2.24) is 10.2 Å². The first-order valence-electron chi connectivity index (χ1n) is 7.42. The van der Waals surface area contributed by atoms with Crippen LogP contribution in [-0.4, -0.2) is 36.3 Å². The molecule has 3 N–H and O–H groups in total. The van der Waals surface area contributed by atoms with Crippen LogP contribution in [0.25, 0.3) is 0 Å². The van der Waals surface area contributed by atoms with Crippen LogP contribution < -0.4 is 11.1 Å². The number of benzene rings is 1. The Labute approximate surface area is 125 Å². The normalized spacial score (nSPS) is 19.9. The lowest BCUT2D eigenvalue weighted by Crippen LogP contribution is -2.52. The summed E-state index contributed by atoms with van der Waals surface area (Å²) < 4.78 is 0. The second kappa shape index (κ2) is 6.61. The maximum absolute atomic E-state index is 12.7. The number of likely N-dealkylation sites (tertiary alicyclic amines) is 1. The molecular weight excluding hydrogens is 266 g/mol. The van der Waals surface area contributed by atoms with Gasteiger partial charge in [-0.1, -0.05) is 12.1 Å². The number of hydrogen-bond donors (Lipinski definition) is 2. The highest BCUT2D eigenvalue weighted by Crippen LogP contribution is 2.25. The summed E-state index contributed by atoms with van der Waals surface area (Å²) in [4.78, 5) is 26.4. The molecule has 0 radical (unpaired) electrons. The molecule has 1 aliphatic heterocycles. The van der Waals surface area contributed by atoms with E-state index in [1.54, 1.807) is 18.0 Å². The van der Waals surface area contributed by atoms with Gasteiger partial charge in [0.15, 0.2) is 0 Å². The maximum Gasteiger partial charge on any atom is 0.242 e. The lowest BCUT2D eigenvalue weighted by Gasteiger charge is -2.36. The number of amides is 2. The molecule has 2 atom stereocenters. The number of likely N-dealkylation sites (N-methyl/N-ethyl adjacent to an activating group) is 1. The van der Waals surface area contributed by atoms with Crippen molar-refractivity contribution < 1.29 is 9.59 Å². The molecule has 0 bridgehead atoms. The molecule has 1 heterocycles. The second-order valence-corrected chi connectivity index (χ2v) is 5.55. The van der Waals surface area contributed by atoms with Gasteiger partial charge in [0.2, 0.25) is 11.8 Å². The molecule has 2 amide bonds. The molecule has 21 heavy (non-hydrogen) atoms. The fourth-order valence-electron chi connectivity index (χ4n) is 2.85. The van der Waals surface area contributed by atoms with E-state index in [1.165, 1.54) is 0 Å². The molecule has 1 aromatic rings. The average molecular weight is 289 g/mol. The first kappa shape index (κ1) is 15.4. The topological polar surface area (TPSA) is 75.4 Å². The zero-order chi connectivity index (χ0) is 15.4. The van der Waals surface area contributed by atoms with Crippen LogP contribution >= 0.6 is 0 Å². The number of hydrogen-bond acceptors (Lipinski definition) is 3. The Hall–Kier alpha value is -2.04. The molecule has 2 rings (SSSR count). The minimum atomic E-state index is -0.347. The van der Waals surface area contributed by atoms with Crippen molar-refractivity contribution in [3.05, 3.63) is 29.8 Å². The highest BCUT2D eigenvalue weighted by atomic mass is 16.2. The number of nitrogens with zero attached hydrogens (tertiary/aromatic N) is 1. The van der Waals surface area contributed by atoms with Crippen LogP contribution in [0.3, 0.4) is 0 Å². The van der Waals surface area contributed by atoms with Crippen molar-refractivity contribution in [2.24, 2.45) is 0 Å². The van der Waals surface area contributed by atoms with E-state index in [2.05, 4.69) is 5.32 Å². The van der Waals surface area contributed by atoms with Gasteiger partial charge in [-0.3, -0.25) is 9.59 Å². The largest absolute Gasteiger partial charge is 0.399 e. The van der Waals surface area contributed by atoms with Crippen LogP contribution in [0, 0.1) is 0 Å². The van der Waals surface area contributed by atoms with Gasteiger partial charge >= 0.3 is 0 Å². The molecular formula is C16H23N3O2. The third kappa shape index (κ3) is 3.35. The van der Waals surface area contributed by atoms with E-state index in [9.17, 15) is 9.59 Å². The van der Waals surface area contributed by atoms with E-state index in [0.29, 0.717) is 12.2 Å². The number of nitrogens with two attached hydrogens (primary N) is 1. The van der Waals surface area contributed by atoms with Crippen molar-refractivity contribution >= 4 is 17.5 Å². The summed E-state index contributed by atoms with van der Waals surface area (Å²) >= 11 is 0. The molecule has 0 saturated carbocycles. The Morgan fingerprint density at radius 2 is 2.14 bits per heavy atom. The molecule has 0 spiro atoms. The molecule has 0 aromatic heterocycles. The van der Waals surface area contributed by atoms with E-state index >= 15 is 0 Å². The van der Waals surface area contributed by atoms with E-state index in [-0.39, 0.29) is 23.8 Å². The third-order valence-electron chi connectivity index (χ3n) is 4.12. The Kier molecular flexibility index (Phi) is 4.83. The van der Waals surface area contributed by atoms with Crippen LogP contribution in [0.1, 0.15) is 37.7 Å². The molecule has 1 fully saturated rings. The SMILES string of the molecule is CNC(=O)C1CCCCN1C(=O)C(C)c1cccc(N)c1. The van der Waals surface area contributed by atoms with Gasteiger partial charge in [0.25, 0.3) is 0 Å². The van der Waals surface area contributed by atoms with E-state index in [1.807, 2.05) is 25.1 Å². The van der Waals surface area contributed by atoms with Gasteiger partial charge in [0, 0.05) is 19.3 Å². The zero-order valence-corrected chi connectivity index (χ0v) is 12.6.